The fourth-order valence-corrected chi connectivity index (χ4v) is 3.01. The van der Waals surface area contributed by atoms with Crippen LogP contribution in [0.2, 0.25) is 0 Å². The first-order valence-corrected chi connectivity index (χ1v) is 8.98. The first-order valence-electron chi connectivity index (χ1n) is 8.17. The third kappa shape index (κ3) is 5.33. The molecule has 3 rings (SSSR count). The van der Waals surface area contributed by atoms with Gasteiger partial charge in [-0.3, -0.25) is 0 Å². The van der Waals surface area contributed by atoms with E-state index in [9.17, 15) is 4.39 Å². The van der Waals surface area contributed by atoms with Gasteiger partial charge in [-0.15, -0.1) is 0 Å². The van der Waals surface area contributed by atoms with Crippen molar-refractivity contribution >= 4 is 22.5 Å². The van der Waals surface area contributed by atoms with Crippen LogP contribution in [0.25, 0.3) is 0 Å². The van der Waals surface area contributed by atoms with Gasteiger partial charge in [-0.05, 0) is 55.5 Å². The van der Waals surface area contributed by atoms with Crippen molar-refractivity contribution in [2.24, 2.45) is 4.99 Å². The van der Waals surface area contributed by atoms with E-state index >= 15 is 0 Å². The molecule has 26 heavy (non-hydrogen) atoms. The minimum Gasteiger partial charge on any atom is -0.465 e. The van der Waals surface area contributed by atoms with Gasteiger partial charge in [0.05, 0.1) is 11.9 Å². The highest BCUT2D eigenvalue weighted by molar-refractivity contribution is 8.14. The van der Waals surface area contributed by atoms with Gasteiger partial charge in [0.25, 0.3) is 0 Å². The van der Waals surface area contributed by atoms with Gasteiger partial charge in [-0.2, -0.15) is 0 Å². The van der Waals surface area contributed by atoms with Crippen molar-refractivity contribution in [2.75, 3.05) is 0 Å². The molecule has 0 radical (unpaired) electrons. The van der Waals surface area contributed by atoms with Crippen LogP contribution < -0.4 is 4.74 Å². The Morgan fingerprint density at radius 3 is 2.15 bits per heavy atom. The predicted octanol–water partition coefficient (Wildman–Crippen LogP) is 6.63. The summed E-state index contributed by atoms with van der Waals surface area (Å²) < 4.78 is 18.9. The summed E-state index contributed by atoms with van der Waals surface area (Å²) in [5, 5.41) is 0.790. The number of hydrogen-bond donors (Lipinski definition) is 0. The zero-order chi connectivity index (χ0) is 18.2. The monoisotopic (exact) mass is 363 g/mol. The van der Waals surface area contributed by atoms with Gasteiger partial charge in [0.15, 0.2) is 0 Å². The summed E-state index contributed by atoms with van der Waals surface area (Å²) >= 11 is 1.54. The summed E-state index contributed by atoms with van der Waals surface area (Å²) in [5.74, 6) is 0.485. The molecule has 4 heteroatoms. The Hall–Kier alpha value is -2.85. The minimum absolute atomic E-state index is 0.277. The maximum absolute atomic E-state index is 13.2. The fraction of sp³-hybridized carbons (Fsp3) is 0.0455. The normalized spacial score (nSPS) is 12.1. The van der Waals surface area contributed by atoms with Gasteiger partial charge in [0, 0.05) is 10.5 Å². The molecule has 0 atom stereocenters. The lowest BCUT2D eigenvalue weighted by molar-refractivity contribution is 0.478. The van der Waals surface area contributed by atoms with Crippen molar-refractivity contribution in [1.82, 2.24) is 0 Å². The smallest absolute Gasteiger partial charge is 0.126 e. The lowest BCUT2D eigenvalue weighted by Crippen LogP contribution is -1.97. The topological polar surface area (TPSA) is 21.6 Å². The second kappa shape index (κ2) is 9.02. The molecule has 0 saturated carbocycles. The Bertz CT molecular complexity index is 890. The van der Waals surface area contributed by atoms with Gasteiger partial charge >= 0.3 is 0 Å². The highest BCUT2D eigenvalue weighted by atomic mass is 32.2. The van der Waals surface area contributed by atoms with Crippen LogP contribution in [0.3, 0.4) is 0 Å². The maximum atomic E-state index is 13.2. The van der Waals surface area contributed by atoms with Gasteiger partial charge in [-0.25, -0.2) is 9.38 Å². The molecular formula is C22H18FNOS. The lowest BCUT2D eigenvalue weighted by Gasteiger charge is -2.08. The zero-order valence-electron chi connectivity index (χ0n) is 14.3. The van der Waals surface area contributed by atoms with Crippen LogP contribution in [0.1, 0.15) is 6.92 Å². The van der Waals surface area contributed by atoms with Gasteiger partial charge < -0.3 is 4.74 Å². The molecule has 0 saturated heterocycles. The predicted molar refractivity (Wildman–Crippen MR) is 107 cm³/mol. The first-order chi connectivity index (χ1) is 12.7. The highest BCUT2D eigenvalue weighted by Gasteiger charge is 2.07. The van der Waals surface area contributed by atoms with E-state index in [4.69, 9.17) is 4.74 Å². The molecule has 0 aromatic heterocycles. The Labute approximate surface area is 157 Å². The largest absolute Gasteiger partial charge is 0.465 e. The van der Waals surface area contributed by atoms with Crippen molar-refractivity contribution in [3.8, 4) is 5.75 Å². The number of nitrogens with zero attached hydrogens (tertiary/aromatic N) is 1. The van der Waals surface area contributed by atoms with Crippen LogP contribution in [0.4, 0.5) is 10.1 Å². The molecule has 0 bridgehead atoms. The molecule has 3 aromatic rings. The molecular weight excluding hydrogens is 345 g/mol. The van der Waals surface area contributed by atoms with Crippen LogP contribution >= 0.6 is 11.8 Å². The second-order valence-corrected chi connectivity index (χ2v) is 6.60. The van der Waals surface area contributed by atoms with E-state index in [0.717, 1.165) is 21.3 Å². The van der Waals surface area contributed by atoms with Crippen molar-refractivity contribution in [3.05, 3.63) is 103 Å². The molecule has 0 unspecified atom stereocenters. The number of halogens is 1. The number of benzene rings is 3. The van der Waals surface area contributed by atoms with Crippen LogP contribution in [-0.2, 0) is 0 Å². The third-order valence-corrected chi connectivity index (χ3v) is 4.58. The van der Waals surface area contributed by atoms with Crippen LogP contribution in [-0.4, -0.2) is 5.04 Å². The number of para-hydroxylation sites is 1. The molecule has 0 fully saturated rings. The first kappa shape index (κ1) is 18.0. The Kier molecular flexibility index (Phi) is 6.23. The number of thioether (sulfide) groups is 1. The van der Waals surface area contributed by atoms with E-state index in [-0.39, 0.29) is 5.82 Å². The Balaban J connectivity index is 1.87. The summed E-state index contributed by atoms with van der Waals surface area (Å²) in [5.41, 5.74) is 1.57. The van der Waals surface area contributed by atoms with Gasteiger partial charge in [0.1, 0.15) is 16.6 Å². The number of ether oxygens (including phenoxy) is 1. The molecule has 0 amide bonds. The van der Waals surface area contributed by atoms with Crippen molar-refractivity contribution in [3.63, 3.8) is 0 Å². The highest BCUT2D eigenvalue weighted by Crippen LogP contribution is 2.26. The van der Waals surface area contributed by atoms with Crippen molar-refractivity contribution < 1.29 is 9.13 Å². The van der Waals surface area contributed by atoms with E-state index in [0.29, 0.717) is 5.69 Å². The molecule has 0 aliphatic rings. The Morgan fingerprint density at radius 1 is 0.885 bits per heavy atom. The van der Waals surface area contributed by atoms with Crippen LogP contribution in [0, 0.1) is 5.82 Å². The molecule has 0 aliphatic heterocycles. The summed E-state index contributed by atoms with van der Waals surface area (Å²) in [6, 6.07) is 25.7. The second-order valence-electron chi connectivity index (χ2n) is 5.54. The lowest BCUT2D eigenvalue weighted by atomic mass is 10.3. The van der Waals surface area contributed by atoms with E-state index in [1.165, 1.54) is 23.9 Å². The van der Waals surface area contributed by atoms with Crippen molar-refractivity contribution in [1.29, 1.82) is 0 Å². The SMILES string of the molecule is CC(=COc1ccccc1)C(=Nc1ccc(F)cc1)Sc1ccccc1. The molecule has 0 spiro atoms. The molecule has 0 N–H and O–H groups in total. The Morgan fingerprint density at radius 2 is 1.50 bits per heavy atom. The molecule has 130 valence electrons. The number of aliphatic imine (C=N–C) groups is 1. The van der Waals surface area contributed by atoms with E-state index in [2.05, 4.69) is 4.99 Å². The van der Waals surface area contributed by atoms with Gasteiger partial charge in [0.2, 0.25) is 0 Å². The molecule has 0 aliphatic carbocycles. The third-order valence-electron chi connectivity index (χ3n) is 3.47. The van der Waals surface area contributed by atoms with Crippen LogP contribution in [0.5, 0.6) is 5.75 Å². The number of rotatable bonds is 5. The molecule has 2 nitrogen and oxygen atoms in total. The zero-order valence-corrected chi connectivity index (χ0v) is 15.1. The van der Waals surface area contributed by atoms with E-state index in [1.807, 2.05) is 67.6 Å². The van der Waals surface area contributed by atoms with E-state index in [1.54, 1.807) is 18.4 Å². The van der Waals surface area contributed by atoms with E-state index < -0.39 is 0 Å². The number of hydrogen-bond acceptors (Lipinski definition) is 3. The molecule has 3 aromatic carbocycles. The molecule has 0 heterocycles. The quantitative estimate of drug-likeness (QED) is 0.220. The maximum Gasteiger partial charge on any atom is 0.126 e. The standard InChI is InChI=1S/C22H18FNOS/c1-17(16-25-20-8-4-2-5-9-20)22(26-21-10-6-3-7-11-21)24-19-14-12-18(23)13-15-19/h2-16H,1H3. The fourth-order valence-electron chi connectivity index (χ4n) is 2.13. The summed E-state index contributed by atoms with van der Waals surface area (Å²) in [6.45, 7) is 1.95. The van der Waals surface area contributed by atoms with Gasteiger partial charge in [-0.1, -0.05) is 48.2 Å². The summed E-state index contributed by atoms with van der Waals surface area (Å²) in [7, 11) is 0. The average molecular weight is 363 g/mol. The van der Waals surface area contributed by atoms with Crippen molar-refractivity contribution in [2.45, 2.75) is 11.8 Å². The minimum atomic E-state index is -0.277. The summed E-state index contributed by atoms with van der Waals surface area (Å²) in [6.07, 6.45) is 1.69. The summed E-state index contributed by atoms with van der Waals surface area (Å²) in [4.78, 5) is 5.74. The van der Waals surface area contributed by atoms with Crippen LogP contribution in [0.15, 0.2) is 107 Å². The average Bonchev–Trinajstić information content (AvgIpc) is 2.69.